The van der Waals surface area contributed by atoms with Crippen LogP contribution in [0.25, 0.3) is 0 Å². The molecule has 3 N–H and O–H groups in total. The number of hydrogen-bond donors (Lipinski definition) is 3. The van der Waals surface area contributed by atoms with Gasteiger partial charge in [-0.1, -0.05) is 12.8 Å². The van der Waals surface area contributed by atoms with E-state index in [9.17, 15) is 9.59 Å². The Bertz CT molecular complexity index is 706. The van der Waals surface area contributed by atoms with Crippen LogP contribution in [0.1, 0.15) is 42.5 Å². The van der Waals surface area contributed by atoms with Gasteiger partial charge in [0, 0.05) is 42.8 Å². The minimum atomic E-state index is -0.251. The molecule has 26 heavy (non-hydrogen) atoms. The number of hydrogen-bond acceptors (Lipinski definition) is 3. The van der Waals surface area contributed by atoms with E-state index in [1.54, 1.807) is 36.8 Å². The molecule has 1 aliphatic carbocycles. The molecule has 2 aromatic rings. The molecule has 1 heterocycles. The zero-order valence-corrected chi connectivity index (χ0v) is 14.8. The Morgan fingerprint density at radius 3 is 2.62 bits per heavy atom. The smallest absolute Gasteiger partial charge is 0.319 e. The number of carbonyl (C=O) groups is 2. The van der Waals surface area contributed by atoms with Crippen molar-refractivity contribution in [2.75, 3.05) is 11.9 Å². The van der Waals surface area contributed by atoms with Gasteiger partial charge in [-0.15, -0.1) is 0 Å². The lowest BCUT2D eigenvalue weighted by Crippen LogP contribution is -2.32. The van der Waals surface area contributed by atoms with E-state index in [0.29, 0.717) is 23.8 Å². The van der Waals surface area contributed by atoms with Crippen LogP contribution in [-0.2, 0) is 6.54 Å². The molecule has 138 valence electrons. The molecule has 1 fully saturated rings. The summed E-state index contributed by atoms with van der Waals surface area (Å²) in [6, 6.07) is 7.01. The van der Waals surface area contributed by atoms with Gasteiger partial charge >= 0.3 is 6.03 Å². The van der Waals surface area contributed by atoms with Crippen molar-refractivity contribution in [1.82, 2.24) is 20.2 Å². The summed E-state index contributed by atoms with van der Waals surface area (Å²) in [5.74, 6) is -0.0487. The van der Waals surface area contributed by atoms with Crippen LogP contribution in [0.2, 0.25) is 0 Å². The average Bonchev–Trinajstić information content (AvgIpc) is 3.33. The molecule has 3 amide bonds. The third-order valence-electron chi connectivity index (χ3n) is 4.53. The molecule has 7 heteroatoms. The third-order valence-corrected chi connectivity index (χ3v) is 4.53. The Hall–Kier alpha value is -2.83. The second-order valence-corrected chi connectivity index (χ2v) is 6.57. The minimum Gasteiger partial charge on any atom is -0.349 e. The van der Waals surface area contributed by atoms with Crippen molar-refractivity contribution in [1.29, 1.82) is 0 Å². The standard InChI is InChI=1S/C19H25N5O2/c25-18(22-16-4-1-2-5-16)15-6-8-17(9-7-15)23-19(26)21-10-3-12-24-13-11-20-14-24/h6-9,11,13-14,16H,1-5,10,12H2,(H,22,25)(H2,21,23,26). The second-order valence-electron chi connectivity index (χ2n) is 6.57. The molecule has 0 radical (unpaired) electrons. The number of anilines is 1. The molecule has 1 aliphatic rings. The predicted molar refractivity (Wildman–Crippen MR) is 100 cm³/mol. The number of nitrogens with zero attached hydrogens (tertiary/aromatic N) is 2. The number of amides is 3. The van der Waals surface area contributed by atoms with Gasteiger partial charge in [-0.3, -0.25) is 4.79 Å². The molecule has 1 aromatic carbocycles. The van der Waals surface area contributed by atoms with Crippen LogP contribution < -0.4 is 16.0 Å². The highest BCUT2D eigenvalue weighted by molar-refractivity contribution is 5.95. The molecule has 0 atom stereocenters. The first kappa shape index (κ1) is 18.0. The van der Waals surface area contributed by atoms with Gasteiger partial charge in [0.15, 0.2) is 0 Å². The molecule has 3 rings (SSSR count). The Balaban J connectivity index is 1.38. The van der Waals surface area contributed by atoms with Crippen molar-refractivity contribution in [2.45, 2.75) is 44.7 Å². The van der Waals surface area contributed by atoms with Crippen LogP contribution in [0.3, 0.4) is 0 Å². The van der Waals surface area contributed by atoms with E-state index in [-0.39, 0.29) is 11.9 Å². The summed E-state index contributed by atoms with van der Waals surface area (Å²) in [7, 11) is 0. The lowest BCUT2D eigenvalue weighted by Gasteiger charge is -2.12. The van der Waals surface area contributed by atoms with Gasteiger partial charge in [0.25, 0.3) is 5.91 Å². The van der Waals surface area contributed by atoms with E-state index >= 15 is 0 Å². The van der Waals surface area contributed by atoms with E-state index in [4.69, 9.17) is 0 Å². The molecule has 0 bridgehead atoms. The molecular weight excluding hydrogens is 330 g/mol. The molecule has 0 saturated heterocycles. The number of rotatable bonds is 7. The second kappa shape index (κ2) is 9.03. The van der Waals surface area contributed by atoms with Crippen molar-refractivity contribution < 1.29 is 9.59 Å². The summed E-state index contributed by atoms with van der Waals surface area (Å²) in [5.41, 5.74) is 1.28. The van der Waals surface area contributed by atoms with Crippen LogP contribution in [0.4, 0.5) is 10.5 Å². The topological polar surface area (TPSA) is 88.1 Å². The van der Waals surface area contributed by atoms with Crippen molar-refractivity contribution in [3.8, 4) is 0 Å². The predicted octanol–water partition coefficient (Wildman–Crippen LogP) is 2.77. The highest BCUT2D eigenvalue weighted by Crippen LogP contribution is 2.18. The third kappa shape index (κ3) is 5.34. The Morgan fingerprint density at radius 1 is 1.15 bits per heavy atom. The average molecular weight is 355 g/mol. The van der Waals surface area contributed by atoms with Crippen LogP contribution >= 0.6 is 0 Å². The van der Waals surface area contributed by atoms with Gasteiger partial charge in [0.05, 0.1) is 6.33 Å². The summed E-state index contributed by atoms with van der Waals surface area (Å²) < 4.78 is 1.97. The maximum Gasteiger partial charge on any atom is 0.319 e. The number of aryl methyl sites for hydroxylation is 1. The number of nitrogens with one attached hydrogen (secondary N) is 3. The van der Waals surface area contributed by atoms with Gasteiger partial charge in [-0.2, -0.15) is 0 Å². The molecule has 7 nitrogen and oxygen atoms in total. The van der Waals surface area contributed by atoms with Gasteiger partial charge in [0.2, 0.25) is 0 Å². The number of urea groups is 1. The van der Waals surface area contributed by atoms with E-state index in [1.807, 2.05) is 10.8 Å². The number of aromatic nitrogens is 2. The van der Waals surface area contributed by atoms with Crippen LogP contribution in [0.15, 0.2) is 43.0 Å². The summed E-state index contributed by atoms with van der Waals surface area (Å²) in [5, 5.41) is 8.65. The maximum absolute atomic E-state index is 12.2. The zero-order chi connectivity index (χ0) is 18.2. The lowest BCUT2D eigenvalue weighted by atomic mass is 10.1. The Kier molecular flexibility index (Phi) is 6.24. The highest BCUT2D eigenvalue weighted by Gasteiger charge is 2.17. The first-order valence-electron chi connectivity index (χ1n) is 9.12. The summed E-state index contributed by atoms with van der Waals surface area (Å²) in [4.78, 5) is 28.1. The fourth-order valence-corrected chi connectivity index (χ4v) is 3.10. The monoisotopic (exact) mass is 355 g/mol. The van der Waals surface area contributed by atoms with E-state index in [1.165, 1.54) is 12.8 Å². The fourth-order valence-electron chi connectivity index (χ4n) is 3.10. The van der Waals surface area contributed by atoms with E-state index in [0.717, 1.165) is 25.8 Å². The van der Waals surface area contributed by atoms with Gasteiger partial charge in [0.1, 0.15) is 0 Å². The SMILES string of the molecule is O=C(NCCCn1ccnc1)Nc1ccc(C(=O)NC2CCCC2)cc1. The lowest BCUT2D eigenvalue weighted by molar-refractivity contribution is 0.0938. The number of benzene rings is 1. The summed E-state index contributed by atoms with van der Waals surface area (Å²) >= 11 is 0. The molecular formula is C19H25N5O2. The minimum absolute atomic E-state index is 0.0487. The first-order chi connectivity index (χ1) is 12.7. The largest absolute Gasteiger partial charge is 0.349 e. The van der Waals surface area contributed by atoms with Crippen molar-refractivity contribution >= 4 is 17.6 Å². The number of imidazole rings is 1. The van der Waals surface area contributed by atoms with Crippen molar-refractivity contribution in [3.63, 3.8) is 0 Å². The number of carbonyl (C=O) groups excluding carboxylic acids is 2. The first-order valence-corrected chi connectivity index (χ1v) is 9.12. The normalized spacial score (nSPS) is 14.2. The van der Waals surface area contributed by atoms with Crippen LogP contribution in [-0.4, -0.2) is 34.1 Å². The van der Waals surface area contributed by atoms with Gasteiger partial charge in [-0.05, 0) is 43.5 Å². The highest BCUT2D eigenvalue weighted by atomic mass is 16.2. The molecule has 1 aromatic heterocycles. The summed E-state index contributed by atoms with van der Waals surface area (Å²) in [6.07, 6.45) is 10.7. The molecule has 0 unspecified atom stereocenters. The van der Waals surface area contributed by atoms with Crippen molar-refractivity contribution in [2.24, 2.45) is 0 Å². The van der Waals surface area contributed by atoms with Crippen LogP contribution in [0, 0.1) is 0 Å². The van der Waals surface area contributed by atoms with Crippen molar-refractivity contribution in [3.05, 3.63) is 48.5 Å². The molecule has 0 spiro atoms. The van der Waals surface area contributed by atoms with Gasteiger partial charge in [-0.25, -0.2) is 9.78 Å². The summed E-state index contributed by atoms with van der Waals surface area (Å²) in [6.45, 7) is 1.39. The van der Waals surface area contributed by atoms with E-state index < -0.39 is 0 Å². The maximum atomic E-state index is 12.2. The Morgan fingerprint density at radius 2 is 1.92 bits per heavy atom. The molecule has 1 saturated carbocycles. The fraction of sp³-hybridized carbons (Fsp3) is 0.421. The quantitative estimate of drug-likeness (QED) is 0.667. The molecule has 0 aliphatic heterocycles. The van der Waals surface area contributed by atoms with E-state index in [2.05, 4.69) is 20.9 Å². The van der Waals surface area contributed by atoms with Gasteiger partial charge < -0.3 is 20.5 Å². The zero-order valence-electron chi connectivity index (χ0n) is 14.8. The Labute approximate surface area is 153 Å². The van der Waals surface area contributed by atoms with Crippen LogP contribution in [0.5, 0.6) is 0 Å².